The van der Waals surface area contributed by atoms with Crippen molar-refractivity contribution in [1.29, 1.82) is 0 Å². The molecular weight excluding hydrogens is 237 g/mol. The zero-order valence-corrected chi connectivity index (χ0v) is 12.5. The topological polar surface area (TPSA) is 47.6 Å². The molecule has 2 atom stereocenters. The fourth-order valence-electron chi connectivity index (χ4n) is 2.05. The van der Waals surface area contributed by atoms with Crippen molar-refractivity contribution in [2.75, 3.05) is 26.5 Å². The summed E-state index contributed by atoms with van der Waals surface area (Å²) in [6, 6.07) is 0. The molecule has 1 heterocycles. The third kappa shape index (κ3) is 4.70. The average molecular weight is 263 g/mol. The second-order valence-electron chi connectivity index (χ2n) is 5.55. The molecule has 1 aliphatic rings. The fraction of sp³-hybridized carbons (Fsp3) is 1.00. The summed E-state index contributed by atoms with van der Waals surface area (Å²) in [5, 5.41) is 3.37. The van der Waals surface area contributed by atoms with E-state index in [1.54, 1.807) is 0 Å². The van der Waals surface area contributed by atoms with E-state index in [0.717, 1.165) is 19.4 Å². The van der Waals surface area contributed by atoms with Crippen molar-refractivity contribution < 1.29 is 14.0 Å². The lowest BCUT2D eigenvalue weighted by Crippen LogP contribution is -2.42. The molecule has 17 heavy (non-hydrogen) atoms. The van der Waals surface area contributed by atoms with Crippen LogP contribution in [0.15, 0.2) is 0 Å². The minimum atomic E-state index is -2.24. The molecule has 1 N–H and O–H groups in total. The highest BCUT2D eigenvalue weighted by atomic mass is 31.2. The molecule has 1 fully saturated rings. The molecule has 1 unspecified atom stereocenters. The van der Waals surface area contributed by atoms with Crippen LogP contribution in [0.1, 0.15) is 33.6 Å². The summed E-state index contributed by atoms with van der Waals surface area (Å²) in [6.45, 7) is 11.0. The predicted molar refractivity (Wildman–Crippen MR) is 71.1 cm³/mol. The number of hydrogen-bond donors (Lipinski definition) is 1. The Bertz CT molecular complexity index is 287. The Morgan fingerprint density at radius 1 is 1.47 bits per heavy atom. The first kappa shape index (κ1) is 15.2. The van der Waals surface area contributed by atoms with Gasteiger partial charge in [-0.05, 0) is 40.1 Å². The standard InChI is InChI=1S/C12H26NO3P/c1-6-7-8-13-11(17(4,5)14)10-9-15-12(2,3)16-10/h10-11,13H,6-9H2,1-5H3/t10?,11-/m0/s1. The monoisotopic (exact) mass is 263 g/mol. The van der Waals surface area contributed by atoms with E-state index in [-0.39, 0.29) is 11.9 Å². The molecule has 0 bridgehead atoms. The molecule has 0 amide bonds. The van der Waals surface area contributed by atoms with Gasteiger partial charge in [0.05, 0.1) is 12.4 Å². The van der Waals surface area contributed by atoms with Gasteiger partial charge in [0.15, 0.2) is 5.79 Å². The summed E-state index contributed by atoms with van der Waals surface area (Å²) in [5.41, 5.74) is 0. The molecule has 5 heteroatoms. The molecule has 4 nitrogen and oxygen atoms in total. The van der Waals surface area contributed by atoms with E-state index >= 15 is 0 Å². The first-order valence-corrected chi connectivity index (χ1v) is 9.03. The van der Waals surface area contributed by atoms with E-state index in [9.17, 15) is 4.57 Å². The van der Waals surface area contributed by atoms with Gasteiger partial charge in [0.2, 0.25) is 0 Å². The Kier molecular flexibility index (Phi) is 5.21. The summed E-state index contributed by atoms with van der Waals surface area (Å²) in [6.07, 6.45) is 2.11. The van der Waals surface area contributed by atoms with Gasteiger partial charge < -0.3 is 19.4 Å². The van der Waals surface area contributed by atoms with Crippen LogP contribution in [0, 0.1) is 0 Å². The lowest BCUT2D eigenvalue weighted by Gasteiger charge is -2.28. The van der Waals surface area contributed by atoms with Gasteiger partial charge in [-0.25, -0.2) is 0 Å². The molecule has 1 rings (SSSR count). The van der Waals surface area contributed by atoms with Crippen LogP contribution in [0.4, 0.5) is 0 Å². The average Bonchev–Trinajstić information content (AvgIpc) is 2.51. The van der Waals surface area contributed by atoms with Crippen molar-refractivity contribution in [1.82, 2.24) is 5.32 Å². The van der Waals surface area contributed by atoms with Crippen LogP contribution < -0.4 is 5.32 Å². The lowest BCUT2D eigenvalue weighted by atomic mass is 10.3. The van der Waals surface area contributed by atoms with Crippen LogP contribution in [0.5, 0.6) is 0 Å². The highest BCUT2D eigenvalue weighted by Gasteiger charge is 2.41. The van der Waals surface area contributed by atoms with Crippen LogP contribution in [-0.4, -0.2) is 44.2 Å². The number of unbranched alkanes of at least 4 members (excludes halogenated alkanes) is 1. The van der Waals surface area contributed by atoms with E-state index in [0.29, 0.717) is 6.61 Å². The minimum absolute atomic E-state index is 0.101. The van der Waals surface area contributed by atoms with E-state index in [2.05, 4.69) is 12.2 Å². The highest BCUT2D eigenvalue weighted by molar-refractivity contribution is 7.63. The maximum atomic E-state index is 12.3. The van der Waals surface area contributed by atoms with Gasteiger partial charge in [0, 0.05) is 0 Å². The van der Waals surface area contributed by atoms with E-state index < -0.39 is 12.9 Å². The quantitative estimate of drug-likeness (QED) is 0.591. The smallest absolute Gasteiger partial charge is 0.163 e. The molecule has 0 aromatic carbocycles. The number of nitrogens with one attached hydrogen (secondary N) is 1. The van der Waals surface area contributed by atoms with Crippen LogP contribution in [-0.2, 0) is 14.0 Å². The normalized spacial score (nSPS) is 26.1. The van der Waals surface area contributed by atoms with Crippen LogP contribution in [0.2, 0.25) is 0 Å². The Morgan fingerprint density at radius 2 is 2.12 bits per heavy atom. The van der Waals surface area contributed by atoms with Gasteiger partial charge in [-0.1, -0.05) is 13.3 Å². The number of ether oxygens (including phenoxy) is 2. The van der Waals surface area contributed by atoms with E-state index in [1.807, 2.05) is 27.2 Å². The lowest BCUT2D eigenvalue weighted by molar-refractivity contribution is -0.139. The third-order valence-corrected chi connectivity index (χ3v) is 4.79. The Labute approximate surface area is 105 Å². The van der Waals surface area contributed by atoms with Gasteiger partial charge in [0.25, 0.3) is 0 Å². The van der Waals surface area contributed by atoms with Crippen molar-refractivity contribution in [2.24, 2.45) is 0 Å². The van der Waals surface area contributed by atoms with Gasteiger partial charge in [-0.2, -0.15) is 0 Å². The van der Waals surface area contributed by atoms with Crippen molar-refractivity contribution >= 4 is 7.14 Å². The van der Waals surface area contributed by atoms with E-state index in [4.69, 9.17) is 9.47 Å². The minimum Gasteiger partial charge on any atom is -0.348 e. The zero-order valence-electron chi connectivity index (χ0n) is 11.7. The summed E-state index contributed by atoms with van der Waals surface area (Å²) >= 11 is 0. The molecule has 0 radical (unpaired) electrons. The second kappa shape index (κ2) is 5.83. The van der Waals surface area contributed by atoms with Gasteiger partial charge in [-0.3, -0.25) is 0 Å². The molecule has 0 saturated carbocycles. The molecule has 1 saturated heterocycles. The van der Waals surface area contributed by atoms with Crippen molar-refractivity contribution in [3.8, 4) is 0 Å². The molecule has 102 valence electrons. The largest absolute Gasteiger partial charge is 0.348 e. The zero-order chi connectivity index (χ0) is 13.1. The highest BCUT2D eigenvalue weighted by Crippen LogP contribution is 2.45. The maximum Gasteiger partial charge on any atom is 0.163 e. The maximum absolute atomic E-state index is 12.3. The summed E-state index contributed by atoms with van der Waals surface area (Å²) in [4.78, 5) is 0. The third-order valence-electron chi connectivity index (χ3n) is 2.94. The van der Waals surface area contributed by atoms with Gasteiger partial charge >= 0.3 is 0 Å². The summed E-state index contributed by atoms with van der Waals surface area (Å²) in [5.74, 6) is -0.652. The van der Waals surface area contributed by atoms with Crippen LogP contribution in [0.3, 0.4) is 0 Å². The second-order valence-corrected chi connectivity index (χ2v) is 8.98. The fourth-order valence-corrected chi connectivity index (χ4v) is 3.57. The van der Waals surface area contributed by atoms with E-state index in [1.165, 1.54) is 0 Å². The van der Waals surface area contributed by atoms with Crippen molar-refractivity contribution in [3.05, 3.63) is 0 Å². The first-order valence-electron chi connectivity index (χ1n) is 6.36. The van der Waals surface area contributed by atoms with Crippen LogP contribution >= 0.6 is 7.14 Å². The summed E-state index contributed by atoms with van der Waals surface area (Å²) in [7, 11) is -2.24. The van der Waals surface area contributed by atoms with Gasteiger partial charge in [0.1, 0.15) is 13.2 Å². The molecule has 1 aliphatic heterocycles. The first-order chi connectivity index (χ1) is 7.76. The molecule has 0 spiro atoms. The SMILES string of the molecule is CCCCN[C@H](C1COC(C)(C)O1)P(C)(C)=O. The van der Waals surface area contributed by atoms with Crippen LogP contribution in [0.25, 0.3) is 0 Å². The van der Waals surface area contributed by atoms with Crippen molar-refractivity contribution in [3.63, 3.8) is 0 Å². The van der Waals surface area contributed by atoms with Gasteiger partial charge in [-0.15, -0.1) is 0 Å². The predicted octanol–water partition coefficient (Wildman–Crippen LogP) is 2.48. The Hall–Kier alpha value is 0.110. The molecule has 0 aromatic heterocycles. The molecular formula is C12H26NO3P. The Morgan fingerprint density at radius 3 is 2.53 bits per heavy atom. The molecule has 0 aliphatic carbocycles. The van der Waals surface area contributed by atoms with Crippen molar-refractivity contribution in [2.45, 2.75) is 51.3 Å². The summed E-state index contributed by atoms with van der Waals surface area (Å²) < 4.78 is 23.7. The number of rotatable bonds is 6. The Balaban J connectivity index is 2.61. The number of hydrogen-bond acceptors (Lipinski definition) is 4. The molecule has 0 aromatic rings.